The molecule has 1 aliphatic heterocycles. The molecule has 33 heavy (non-hydrogen) atoms. The Morgan fingerprint density at radius 1 is 0.970 bits per heavy atom. The Balaban J connectivity index is 1.40. The first-order chi connectivity index (χ1) is 15.1. The third-order valence-corrected chi connectivity index (χ3v) is 11.3. The Kier molecular flexibility index (Phi) is 6.19. The average Bonchev–Trinajstić information content (AvgIpc) is 3.11. The van der Waals surface area contributed by atoms with E-state index in [0.29, 0.717) is 31.9 Å². The van der Waals surface area contributed by atoms with Gasteiger partial charge in [-0.3, -0.25) is 4.79 Å². The highest BCUT2D eigenvalue weighted by molar-refractivity contribution is 8.21. The zero-order chi connectivity index (χ0) is 24.4. The van der Waals surface area contributed by atoms with Gasteiger partial charge in [0.15, 0.2) is 6.61 Å². The van der Waals surface area contributed by atoms with Gasteiger partial charge in [-0.2, -0.15) is 22.0 Å². The number of alkyl halides is 7. The van der Waals surface area contributed by atoms with Gasteiger partial charge < -0.3 is 9.47 Å². The first kappa shape index (κ1) is 25.2. The Labute approximate surface area is 194 Å². The van der Waals surface area contributed by atoms with Crippen molar-refractivity contribution in [2.45, 2.75) is 66.4 Å². The molecular weight excluding hydrogens is 501 g/mol. The van der Waals surface area contributed by atoms with E-state index in [1.54, 1.807) is 11.8 Å². The van der Waals surface area contributed by atoms with Crippen LogP contribution in [0.4, 0.5) is 30.7 Å². The van der Waals surface area contributed by atoms with Gasteiger partial charge in [0.2, 0.25) is 0 Å². The van der Waals surface area contributed by atoms with Gasteiger partial charge in [0, 0.05) is 17.9 Å². The van der Waals surface area contributed by atoms with Gasteiger partial charge in [-0.25, -0.2) is 13.6 Å². The lowest BCUT2D eigenvalue weighted by Crippen LogP contribution is -2.60. The second-order valence-corrected chi connectivity index (χ2v) is 12.8. The van der Waals surface area contributed by atoms with E-state index in [1.807, 2.05) is 0 Å². The topological polar surface area (TPSA) is 52.6 Å². The minimum atomic E-state index is -6.02. The molecule has 0 aromatic carbocycles. The van der Waals surface area contributed by atoms with Crippen molar-refractivity contribution < 1.29 is 49.8 Å². The fraction of sp³-hybridized carbons (Fsp3) is 0.900. The summed E-state index contributed by atoms with van der Waals surface area (Å²) < 4.78 is 98.6. The van der Waals surface area contributed by atoms with Crippen LogP contribution >= 0.6 is 23.5 Å². The first-order valence-corrected chi connectivity index (χ1v) is 12.4. The lowest BCUT2D eigenvalue weighted by Gasteiger charge is -2.62. The monoisotopic (exact) mass is 524 g/mol. The second-order valence-electron chi connectivity index (χ2n) is 9.71. The molecule has 3 atom stereocenters. The zero-order valence-corrected chi connectivity index (χ0v) is 19.2. The summed E-state index contributed by atoms with van der Waals surface area (Å²) in [6.07, 6.45) is -2.84. The Bertz CT molecular complexity index is 797. The van der Waals surface area contributed by atoms with E-state index in [2.05, 4.69) is 4.74 Å². The number of halogens is 7. The third-order valence-electron chi connectivity index (χ3n) is 7.08. The fourth-order valence-corrected chi connectivity index (χ4v) is 10.1. The third kappa shape index (κ3) is 4.45. The molecule has 13 heteroatoms. The number of rotatable bonds is 6. The number of ether oxygens (including phenoxy) is 2. The predicted molar refractivity (Wildman–Crippen MR) is 106 cm³/mol. The maximum Gasteiger partial charge on any atom is 0.465 e. The van der Waals surface area contributed by atoms with E-state index in [1.165, 1.54) is 11.8 Å². The molecule has 1 heterocycles. The molecule has 0 aromatic rings. The van der Waals surface area contributed by atoms with Crippen LogP contribution < -0.4 is 0 Å². The van der Waals surface area contributed by atoms with E-state index >= 15 is 0 Å². The molecular formula is C20H23F7O4S2. The largest absolute Gasteiger partial charge is 0.465 e. The minimum Gasteiger partial charge on any atom is -0.460 e. The molecule has 4 nitrogen and oxygen atoms in total. The van der Waals surface area contributed by atoms with Crippen molar-refractivity contribution in [2.75, 3.05) is 19.0 Å². The van der Waals surface area contributed by atoms with Crippen molar-refractivity contribution >= 4 is 35.5 Å². The summed E-state index contributed by atoms with van der Waals surface area (Å²) in [6, 6.07) is 0. The maximum absolute atomic E-state index is 13.2. The molecule has 0 N–H and O–H groups in total. The highest BCUT2D eigenvalue weighted by Crippen LogP contribution is 2.73. The molecule has 5 fully saturated rings. The molecule has 1 saturated heterocycles. The highest BCUT2D eigenvalue weighted by Gasteiger charge is 2.68. The van der Waals surface area contributed by atoms with Crippen LogP contribution in [0, 0.1) is 23.2 Å². The summed E-state index contributed by atoms with van der Waals surface area (Å²) in [6.45, 7) is -0.859. The lowest BCUT2D eigenvalue weighted by molar-refractivity contribution is -0.280. The number of hydrogen-bond acceptors (Lipinski definition) is 6. The van der Waals surface area contributed by atoms with Crippen LogP contribution in [0.1, 0.15) is 39.0 Å². The summed E-state index contributed by atoms with van der Waals surface area (Å²) in [5.74, 6) is -11.1. The van der Waals surface area contributed by atoms with Crippen LogP contribution in [-0.4, -0.2) is 58.3 Å². The van der Waals surface area contributed by atoms with Crippen molar-refractivity contribution in [2.24, 2.45) is 23.2 Å². The van der Waals surface area contributed by atoms with E-state index in [-0.39, 0.29) is 21.8 Å². The molecule has 4 aliphatic carbocycles. The highest BCUT2D eigenvalue weighted by atomic mass is 32.2. The van der Waals surface area contributed by atoms with E-state index in [9.17, 15) is 40.3 Å². The number of esters is 2. The minimum absolute atomic E-state index is 0.0470. The van der Waals surface area contributed by atoms with E-state index < -0.39 is 53.8 Å². The van der Waals surface area contributed by atoms with Gasteiger partial charge in [-0.05, 0) is 49.9 Å². The van der Waals surface area contributed by atoms with Crippen molar-refractivity contribution in [1.29, 1.82) is 0 Å². The van der Waals surface area contributed by atoms with Gasteiger partial charge in [-0.1, -0.05) is 0 Å². The summed E-state index contributed by atoms with van der Waals surface area (Å²) in [5.41, 5.74) is -0.812. The normalized spacial score (nSPS) is 38.1. The summed E-state index contributed by atoms with van der Waals surface area (Å²) in [7, 11) is 0. The average molecular weight is 525 g/mol. The standard InChI is InChI=1S/C20H23F7O4S2/c1-16(21,22)9-31-14(28)17-4-10-2-11(5-17)18(12(3-10)6-17)32-8-13(33-18)7-30-15(29)19(23,24)20(25,26)27/h10-13H,2-9H2,1H3. The van der Waals surface area contributed by atoms with E-state index in [4.69, 9.17) is 4.74 Å². The van der Waals surface area contributed by atoms with Crippen molar-refractivity contribution in [3.63, 3.8) is 0 Å². The van der Waals surface area contributed by atoms with Gasteiger partial charge in [0.25, 0.3) is 5.92 Å². The quantitative estimate of drug-likeness (QED) is 0.348. The van der Waals surface area contributed by atoms with Crippen molar-refractivity contribution in [3.8, 4) is 0 Å². The van der Waals surface area contributed by atoms with Crippen LogP contribution in [0.3, 0.4) is 0 Å². The molecule has 0 aromatic heterocycles. The number of carbonyl (C=O) groups is 2. The fourth-order valence-electron chi connectivity index (χ4n) is 5.96. The Hall–Kier alpha value is -0.850. The summed E-state index contributed by atoms with van der Waals surface area (Å²) in [5, 5.41) is -0.456. The first-order valence-electron chi connectivity index (χ1n) is 10.6. The molecule has 3 unspecified atom stereocenters. The lowest BCUT2D eigenvalue weighted by atomic mass is 9.49. The predicted octanol–water partition coefficient (Wildman–Crippen LogP) is 5.30. The molecule has 4 saturated carbocycles. The summed E-state index contributed by atoms with van der Waals surface area (Å²) >= 11 is 3.00. The molecule has 0 amide bonds. The number of carbonyl (C=O) groups excluding carboxylic acids is 2. The molecule has 1 spiro atoms. The second kappa shape index (κ2) is 8.09. The van der Waals surface area contributed by atoms with Gasteiger partial charge in [0.1, 0.15) is 6.61 Å². The van der Waals surface area contributed by atoms with Crippen LogP contribution in [0.25, 0.3) is 0 Å². The maximum atomic E-state index is 13.2. The SMILES string of the molecule is CC(F)(F)COC(=O)C12CC3CC(C1)C1(SCC(COC(=O)C(F)(F)C(F)(F)F)S1)C(C3)C2. The number of hydrogen-bond donors (Lipinski definition) is 0. The molecule has 188 valence electrons. The van der Waals surface area contributed by atoms with Gasteiger partial charge in [0.05, 0.1) is 9.49 Å². The van der Waals surface area contributed by atoms with Crippen LogP contribution in [0.2, 0.25) is 0 Å². The van der Waals surface area contributed by atoms with Crippen molar-refractivity contribution in [3.05, 3.63) is 0 Å². The molecule has 5 aliphatic rings. The van der Waals surface area contributed by atoms with Crippen molar-refractivity contribution in [1.82, 2.24) is 0 Å². The van der Waals surface area contributed by atoms with Crippen LogP contribution in [-0.2, 0) is 19.1 Å². The number of thioether (sulfide) groups is 2. The smallest absolute Gasteiger partial charge is 0.460 e. The Morgan fingerprint density at radius 2 is 1.58 bits per heavy atom. The zero-order valence-electron chi connectivity index (χ0n) is 17.6. The van der Waals surface area contributed by atoms with Crippen LogP contribution in [0.15, 0.2) is 0 Å². The van der Waals surface area contributed by atoms with Crippen LogP contribution in [0.5, 0.6) is 0 Å². The molecule has 5 rings (SSSR count). The van der Waals surface area contributed by atoms with Gasteiger partial charge in [-0.15, -0.1) is 23.5 Å². The van der Waals surface area contributed by atoms with E-state index in [0.717, 1.165) is 12.8 Å². The molecule has 0 radical (unpaired) electrons. The Morgan fingerprint density at radius 3 is 2.12 bits per heavy atom. The van der Waals surface area contributed by atoms with Gasteiger partial charge >= 0.3 is 24.0 Å². The molecule has 4 bridgehead atoms. The summed E-state index contributed by atoms with van der Waals surface area (Å²) in [4.78, 5) is 24.1.